The average Bonchev–Trinajstić information content (AvgIpc) is 2.60. The topological polar surface area (TPSA) is 96.3 Å². The lowest BCUT2D eigenvalue weighted by atomic mass is 10.4. The summed E-state index contributed by atoms with van der Waals surface area (Å²) in [7, 11) is 1.83. The number of amides is 2. The van der Waals surface area contributed by atoms with Gasteiger partial charge >= 0.3 is 12.0 Å². The van der Waals surface area contributed by atoms with Crippen molar-refractivity contribution >= 4 is 12.0 Å². The van der Waals surface area contributed by atoms with Crippen LogP contribution in [-0.4, -0.2) is 33.2 Å². The summed E-state index contributed by atoms with van der Waals surface area (Å²) in [6.45, 7) is 0.421. The molecule has 0 bridgehead atoms. The van der Waals surface area contributed by atoms with E-state index in [0.29, 0.717) is 6.54 Å². The smallest absolute Gasteiger partial charge is 0.315 e. The van der Waals surface area contributed by atoms with Gasteiger partial charge < -0.3 is 20.3 Å². The van der Waals surface area contributed by atoms with Gasteiger partial charge in [0, 0.05) is 26.0 Å². The van der Waals surface area contributed by atoms with Crippen LogP contribution >= 0.6 is 0 Å². The molecule has 16 heavy (non-hydrogen) atoms. The van der Waals surface area contributed by atoms with Crippen molar-refractivity contribution in [1.82, 2.24) is 20.2 Å². The van der Waals surface area contributed by atoms with E-state index in [1.165, 1.54) is 0 Å². The second-order valence-electron chi connectivity index (χ2n) is 3.21. The summed E-state index contributed by atoms with van der Waals surface area (Å²) in [6.07, 6.45) is 3.33. The predicted octanol–water partition coefficient (Wildman–Crippen LogP) is -0.306. The van der Waals surface area contributed by atoms with Crippen LogP contribution in [0.1, 0.15) is 12.2 Å². The SMILES string of the molecule is Cn1ccnc1CNC(=O)NCCC(=O)O. The first-order valence-corrected chi connectivity index (χ1v) is 4.79. The Morgan fingerprint density at radius 1 is 1.50 bits per heavy atom. The number of carboxylic acids is 1. The molecule has 0 radical (unpaired) electrons. The Balaban J connectivity index is 2.20. The van der Waals surface area contributed by atoms with Gasteiger partial charge in [-0.25, -0.2) is 9.78 Å². The predicted molar refractivity (Wildman–Crippen MR) is 55.7 cm³/mol. The van der Waals surface area contributed by atoms with Gasteiger partial charge in [-0.05, 0) is 0 Å². The number of nitrogens with zero attached hydrogens (tertiary/aromatic N) is 2. The van der Waals surface area contributed by atoms with Gasteiger partial charge in [0.2, 0.25) is 0 Å². The summed E-state index contributed by atoms with van der Waals surface area (Å²) in [4.78, 5) is 25.4. The number of aromatic nitrogens is 2. The van der Waals surface area contributed by atoms with Gasteiger partial charge in [-0.3, -0.25) is 4.79 Å². The molecule has 0 aliphatic carbocycles. The number of nitrogens with one attached hydrogen (secondary N) is 2. The lowest BCUT2D eigenvalue weighted by Crippen LogP contribution is -2.36. The minimum atomic E-state index is -0.940. The number of hydrogen-bond acceptors (Lipinski definition) is 3. The first-order chi connectivity index (χ1) is 7.59. The van der Waals surface area contributed by atoms with Gasteiger partial charge in [-0.2, -0.15) is 0 Å². The number of rotatable bonds is 5. The van der Waals surface area contributed by atoms with Crippen molar-refractivity contribution in [2.75, 3.05) is 6.54 Å². The van der Waals surface area contributed by atoms with Crippen molar-refractivity contribution in [2.24, 2.45) is 7.05 Å². The first-order valence-electron chi connectivity index (χ1n) is 4.79. The maximum Gasteiger partial charge on any atom is 0.315 e. The van der Waals surface area contributed by atoms with E-state index >= 15 is 0 Å². The number of carbonyl (C=O) groups excluding carboxylic acids is 1. The van der Waals surface area contributed by atoms with Gasteiger partial charge in [0.1, 0.15) is 5.82 Å². The third-order valence-corrected chi connectivity index (χ3v) is 1.95. The molecule has 88 valence electrons. The molecule has 0 atom stereocenters. The zero-order valence-electron chi connectivity index (χ0n) is 8.93. The largest absolute Gasteiger partial charge is 0.481 e. The van der Waals surface area contributed by atoms with Crippen LogP contribution in [0.4, 0.5) is 4.79 Å². The number of carbonyl (C=O) groups is 2. The van der Waals surface area contributed by atoms with E-state index in [0.717, 1.165) is 5.82 Å². The summed E-state index contributed by atoms with van der Waals surface area (Å²) in [5, 5.41) is 13.4. The van der Waals surface area contributed by atoms with Crippen LogP contribution in [0, 0.1) is 0 Å². The van der Waals surface area contributed by atoms with Crippen LogP contribution in [-0.2, 0) is 18.4 Å². The second-order valence-corrected chi connectivity index (χ2v) is 3.21. The maximum atomic E-state index is 11.2. The molecule has 1 aromatic rings. The number of carboxylic acid groups (broad SMARTS) is 1. The summed E-state index contributed by atoms with van der Waals surface area (Å²) in [6, 6.07) is -0.399. The van der Waals surface area contributed by atoms with E-state index in [1.807, 2.05) is 7.05 Å². The number of imidazole rings is 1. The zero-order valence-corrected chi connectivity index (χ0v) is 8.93. The van der Waals surface area contributed by atoms with Gasteiger partial charge in [0.25, 0.3) is 0 Å². The maximum absolute atomic E-state index is 11.2. The molecule has 1 aromatic heterocycles. The van der Waals surface area contributed by atoms with Crippen LogP contribution in [0.15, 0.2) is 12.4 Å². The van der Waals surface area contributed by atoms with Gasteiger partial charge in [0.05, 0.1) is 13.0 Å². The molecule has 0 unspecified atom stereocenters. The van der Waals surface area contributed by atoms with Crippen LogP contribution in [0.2, 0.25) is 0 Å². The van der Waals surface area contributed by atoms with Crippen LogP contribution in [0.3, 0.4) is 0 Å². The highest BCUT2D eigenvalue weighted by molar-refractivity contribution is 5.74. The van der Waals surface area contributed by atoms with Crippen LogP contribution in [0.25, 0.3) is 0 Å². The summed E-state index contributed by atoms with van der Waals surface area (Å²) < 4.78 is 1.79. The van der Waals surface area contributed by atoms with Crippen molar-refractivity contribution in [3.8, 4) is 0 Å². The minimum absolute atomic E-state index is 0.0875. The molecule has 7 nitrogen and oxygen atoms in total. The molecule has 0 fully saturated rings. The summed E-state index contributed by atoms with van der Waals surface area (Å²) in [5.41, 5.74) is 0. The Kier molecular flexibility index (Phi) is 4.31. The van der Waals surface area contributed by atoms with Gasteiger partial charge in [-0.1, -0.05) is 0 Å². The Labute approximate surface area is 92.5 Å². The van der Waals surface area contributed by atoms with E-state index in [1.54, 1.807) is 17.0 Å². The molecule has 1 rings (SSSR count). The van der Waals surface area contributed by atoms with Crippen LogP contribution < -0.4 is 10.6 Å². The minimum Gasteiger partial charge on any atom is -0.481 e. The number of urea groups is 1. The van der Waals surface area contributed by atoms with Crippen molar-refractivity contribution in [3.05, 3.63) is 18.2 Å². The molecule has 0 aliphatic rings. The van der Waals surface area contributed by atoms with E-state index in [9.17, 15) is 9.59 Å². The second kappa shape index (κ2) is 5.74. The lowest BCUT2D eigenvalue weighted by Gasteiger charge is -2.06. The van der Waals surface area contributed by atoms with Crippen molar-refractivity contribution in [1.29, 1.82) is 0 Å². The van der Waals surface area contributed by atoms with E-state index < -0.39 is 12.0 Å². The highest BCUT2D eigenvalue weighted by Gasteiger charge is 2.03. The quantitative estimate of drug-likeness (QED) is 0.642. The fraction of sp³-hybridized carbons (Fsp3) is 0.444. The molecule has 3 N–H and O–H groups in total. The standard InChI is InChI=1S/C9H14N4O3/c1-13-5-4-10-7(13)6-12-9(16)11-3-2-8(14)15/h4-5H,2-3,6H2,1H3,(H,14,15)(H2,11,12,16). The first kappa shape index (κ1) is 12.0. The molecule has 0 spiro atoms. The molecule has 0 aliphatic heterocycles. The highest BCUT2D eigenvalue weighted by atomic mass is 16.4. The molecule has 0 saturated heterocycles. The third kappa shape index (κ3) is 3.99. The van der Waals surface area contributed by atoms with Crippen molar-refractivity contribution < 1.29 is 14.7 Å². The molecule has 1 heterocycles. The summed E-state index contributed by atoms with van der Waals surface area (Å²) >= 11 is 0. The van der Waals surface area contributed by atoms with Crippen molar-refractivity contribution in [3.63, 3.8) is 0 Å². The molecule has 0 aromatic carbocycles. The fourth-order valence-corrected chi connectivity index (χ4v) is 1.07. The molecule has 0 saturated carbocycles. The Hall–Kier alpha value is -2.05. The lowest BCUT2D eigenvalue weighted by molar-refractivity contribution is -0.136. The van der Waals surface area contributed by atoms with E-state index in [4.69, 9.17) is 5.11 Å². The monoisotopic (exact) mass is 226 g/mol. The zero-order chi connectivity index (χ0) is 12.0. The summed E-state index contributed by atoms with van der Waals surface area (Å²) in [5.74, 6) is -0.210. The Morgan fingerprint density at radius 2 is 2.25 bits per heavy atom. The molecular weight excluding hydrogens is 212 g/mol. The van der Waals surface area contributed by atoms with Crippen LogP contribution in [0.5, 0.6) is 0 Å². The van der Waals surface area contributed by atoms with Crippen molar-refractivity contribution in [2.45, 2.75) is 13.0 Å². The number of aliphatic carboxylic acids is 1. The normalized spacial score (nSPS) is 9.81. The highest BCUT2D eigenvalue weighted by Crippen LogP contribution is 1.92. The third-order valence-electron chi connectivity index (χ3n) is 1.95. The average molecular weight is 226 g/mol. The number of aryl methyl sites for hydroxylation is 1. The Morgan fingerprint density at radius 3 is 2.81 bits per heavy atom. The van der Waals surface area contributed by atoms with Gasteiger partial charge in [-0.15, -0.1) is 0 Å². The van der Waals surface area contributed by atoms with Gasteiger partial charge in [0.15, 0.2) is 0 Å². The van der Waals surface area contributed by atoms with E-state index in [2.05, 4.69) is 15.6 Å². The molecule has 2 amide bonds. The molecular formula is C9H14N4O3. The fourth-order valence-electron chi connectivity index (χ4n) is 1.07. The number of hydrogen-bond donors (Lipinski definition) is 3. The Bertz CT molecular complexity index is 375. The van der Waals surface area contributed by atoms with E-state index in [-0.39, 0.29) is 13.0 Å². The molecule has 7 heteroatoms.